The maximum atomic E-state index is 10.2. The van der Waals surface area contributed by atoms with Crippen molar-refractivity contribution in [3.8, 4) is 0 Å². The molecule has 4 heterocycles. The number of aliphatic hydroxyl groups excluding tert-OH is 3. The summed E-state index contributed by atoms with van der Waals surface area (Å²) in [5.41, 5.74) is 0.691. The zero-order valence-electron chi connectivity index (χ0n) is 13.3. The highest BCUT2D eigenvalue weighted by molar-refractivity contribution is 6.28. The lowest BCUT2D eigenvalue weighted by Gasteiger charge is -2.16. The molecule has 4 rings (SSSR count). The molecule has 136 valence electrons. The maximum Gasteiger partial charge on any atom is 0.226 e. The van der Waals surface area contributed by atoms with Crippen LogP contribution in [0.3, 0.4) is 0 Å². The highest BCUT2D eigenvalue weighted by Gasteiger charge is 2.44. The van der Waals surface area contributed by atoms with Crippen LogP contribution < -0.4 is 5.32 Å². The number of aliphatic hydroxyl groups is 3. The Bertz CT molecular complexity index is 923. The number of aromatic nitrogens is 5. The van der Waals surface area contributed by atoms with E-state index in [2.05, 4.69) is 25.3 Å². The average Bonchev–Trinajstić information content (AvgIpc) is 3.17. The number of fused-ring (bicyclic) bond motifs is 1. The zero-order chi connectivity index (χ0) is 18.3. The first-order valence-electron chi connectivity index (χ1n) is 7.79. The van der Waals surface area contributed by atoms with Crippen LogP contribution >= 0.6 is 11.6 Å². The fourth-order valence-electron chi connectivity index (χ4n) is 2.83. The lowest BCUT2D eigenvalue weighted by atomic mass is 10.1. The van der Waals surface area contributed by atoms with E-state index >= 15 is 0 Å². The van der Waals surface area contributed by atoms with Crippen LogP contribution in [0.2, 0.25) is 5.28 Å². The van der Waals surface area contributed by atoms with E-state index in [-0.39, 0.29) is 5.28 Å². The molecule has 26 heavy (non-hydrogen) atoms. The van der Waals surface area contributed by atoms with Crippen LogP contribution in [-0.2, 0) is 4.74 Å². The molecule has 0 radical (unpaired) electrons. The van der Waals surface area contributed by atoms with Gasteiger partial charge in [0.25, 0.3) is 0 Å². The minimum absolute atomic E-state index is 0.0376. The van der Waals surface area contributed by atoms with Crippen molar-refractivity contribution in [2.24, 2.45) is 0 Å². The van der Waals surface area contributed by atoms with Crippen LogP contribution in [0.1, 0.15) is 6.23 Å². The third kappa shape index (κ3) is 2.87. The molecule has 1 aliphatic heterocycles. The summed E-state index contributed by atoms with van der Waals surface area (Å²) >= 11 is 6.03. The number of pyridine rings is 1. The molecule has 0 bridgehead atoms. The van der Waals surface area contributed by atoms with Crippen molar-refractivity contribution in [1.82, 2.24) is 24.5 Å². The molecule has 0 saturated carbocycles. The molecule has 3 aromatic rings. The highest BCUT2D eigenvalue weighted by atomic mass is 35.5. The number of ether oxygens (including phenoxy) is 1. The van der Waals surface area contributed by atoms with Crippen molar-refractivity contribution in [3.05, 3.63) is 36.0 Å². The Labute approximate surface area is 152 Å². The summed E-state index contributed by atoms with van der Waals surface area (Å²) in [6.07, 6.45) is -1.34. The molecule has 11 heteroatoms. The largest absolute Gasteiger partial charge is 0.394 e. The molecule has 0 aromatic carbocycles. The van der Waals surface area contributed by atoms with Crippen molar-refractivity contribution < 1.29 is 20.1 Å². The molecule has 10 nitrogen and oxygen atoms in total. The molecule has 1 fully saturated rings. The van der Waals surface area contributed by atoms with E-state index in [1.807, 2.05) is 6.07 Å². The summed E-state index contributed by atoms with van der Waals surface area (Å²) in [4.78, 5) is 16.7. The normalized spacial score (nSPS) is 25.7. The number of hydrogen-bond donors (Lipinski definition) is 4. The Balaban J connectivity index is 1.75. The average molecular weight is 379 g/mol. The van der Waals surface area contributed by atoms with Crippen LogP contribution in [0, 0.1) is 0 Å². The van der Waals surface area contributed by atoms with Crippen molar-refractivity contribution in [2.45, 2.75) is 24.5 Å². The van der Waals surface area contributed by atoms with Gasteiger partial charge in [-0.25, -0.2) is 9.97 Å². The lowest BCUT2D eigenvalue weighted by Crippen LogP contribution is -2.33. The summed E-state index contributed by atoms with van der Waals surface area (Å²) in [6, 6.07) is 5.35. The predicted octanol–water partition coefficient (Wildman–Crippen LogP) is 0.230. The fourth-order valence-corrected chi connectivity index (χ4v) is 3.00. The van der Waals surface area contributed by atoms with Gasteiger partial charge < -0.3 is 25.4 Å². The van der Waals surface area contributed by atoms with Gasteiger partial charge in [0.15, 0.2) is 23.2 Å². The summed E-state index contributed by atoms with van der Waals surface area (Å²) < 4.78 is 6.96. The minimum atomic E-state index is -1.26. The maximum absolute atomic E-state index is 10.2. The molecule has 0 unspecified atom stereocenters. The van der Waals surface area contributed by atoms with Gasteiger partial charge >= 0.3 is 0 Å². The first-order valence-corrected chi connectivity index (χ1v) is 8.17. The van der Waals surface area contributed by atoms with Crippen LogP contribution in [0.15, 0.2) is 30.7 Å². The third-order valence-electron chi connectivity index (χ3n) is 4.10. The van der Waals surface area contributed by atoms with Crippen molar-refractivity contribution in [1.29, 1.82) is 0 Å². The van der Waals surface area contributed by atoms with Crippen molar-refractivity contribution in [2.75, 3.05) is 11.9 Å². The second-order valence-electron chi connectivity index (χ2n) is 5.73. The molecule has 0 spiro atoms. The lowest BCUT2D eigenvalue weighted by molar-refractivity contribution is -0.0511. The SMILES string of the molecule is OC[C@H]1O[C@@H](n2cnc3c(Nc4ccccn4)nc(Cl)nc32)[C@@H](O)[C@H]1O. The molecule has 3 aromatic heterocycles. The zero-order valence-corrected chi connectivity index (χ0v) is 14.0. The van der Waals surface area contributed by atoms with E-state index in [0.29, 0.717) is 22.8 Å². The first kappa shape index (κ1) is 17.1. The number of anilines is 2. The molecular weight excluding hydrogens is 364 g/mol. The third-order valence-corrected chi connectivity index (χ3v) is 4.27. The predicted molar refractivity (Wildman–Crippen MR) is 90.9 cm³/mol. The number of nitrogens with zero attached hydrogens (tertiary/aromatic N) is 5. The monoisotopic (exact) mass is 378 g/mol. The number of rotatable bonds is 4. The van der Waals surface area contributed by atoms with E-state index < -0.39 is 31.1 Å². The standard InChI is InChI=1S/C15H15ClN6O4/c16-15-20-12(19-8-3-1-2-4-17-8)9-13(21-15)22(6-18-9)14-11(25)10(24)7(5-23)26-14/h1-4,6-7,10-11,14,23-25H,5H2,(H,17,19,20,21)/t7-,10+,11+,14-/m1/s1. The van der Waals surface area contributed by atoms with E-state index in [4.69, 9.17) is 16.3 Å². The molecule has 4 N–H and O–H groups in total. The number of imidazole rings is 1. The summed E-state index contributed by atoms with van der Waals surface area (Å²) in [7, 11) is 0. The smallest absolute Gasteiger partial charge is 0.226 e. The number of halogens is 1. The highest BCUT2D eigenvalue weighted by Crippen LogP contribution is 2.33. The van der Waals surface area contributed by atoms with Gasteiger partial charge in [-0.2, -0.15) is 9.97 Å². The van der Waals surface area contributed by atoms with Gasteiger partial charge in [-0.15, -0.1) is 0 Å². The van der Waals surface area contributed by atoms with Gasteiger partial charge in [-0.3, -0.25) is 4.57 Å². The number of hydrogen-bond acceptors (Lipinski definition) is 9. The summed E-state index contributed by atoms with van der Waals surface area (Å²) in [5.74, 6) is 0.884. The number of nitrogens with one attached hydrogen (secondary N) is 1. The van der Waals surface area contributed by atoms with Gasteiger partial charge in [0.2, 0.25) is 5.28 Å². The van der Waals surface area contributed by atoms with E-state index in [9.17, 15) is 15.3 Å². The summed E-state index contributed by atoms with van der Waals surface area (Å²) in [5, 5.41) is 32.4. The Morgan fingerprint density at radius 3 is 2.73 bits per heavy atom. The van der Waals surface area contributed by atoms with Crippen LogP contribution in [0.5, 0.6) is 0 Å². The molecule has 1 aliphatic rings. The van der Waals surface area contributed by atoms with Gasteiger partial charge in [0.1, 0.15) is 24.1 Å². The Kier molecular flexibility index (Phi) is 4.42. The first-order chi connectivity index (χ1) is 12.6. The van der Waals surface area contributed by atoms with E-state index in [0.717, 1.165) is 0 Å². The second kappa shape index (κ2) is 6.74. The van der Waals surface area contributed by atoms with Gasteiger partial charge in [0, 0.05) is 6.20 Å². The van der Waals surface area contributed by atoms with Crippen molar-refractivity contribution >= 4 is 34.4 Å². The van der Waals surface area contributed by atoms with Crippen LogP contribution in [0.4, 0.5) is 11.6 Å². The molecule has 0 aliphatic carbocycles. The Morgan fingerprint density at radius 1 is 1.19 bits per heavy atom. The molecule has 0 amide bonds. The van der Waals surface area contributed by atoms with Gasteiger partial charge in [-0.1, -0.05) is 6.07 Å². The Hall–Kier alpha value is -2.37. The van der Waals surface area contributed by atoms with Crippen LogP contribution in [-0.4, -0.2) is 64.7 Å². The molecule has 4 atom stereocenters. The van der Waals surface area contributed by atoms with Gasteiger partial charge in [-0.05, 0) is 23.7 Å². The van der Waals surface area contributed by atoms with Crippen molar-refractivity contribution in [3.63, 3.8) is 0 Å². The van der Waals surface area contributed by atoms with Crippen LogP contribution in [0.25, 0.3) is 11.2 Å². The Morgan fingerprint density at radius 2 is 2.04 bits per heavy atom. The minimum Gasteiger partial charge on any atom is -0.394 e. The second-order valence-corrected chi connectivity index (χ2v) is 6.07. The summed E-state index contributed by atoms with van der Waals surface area (Å²) in [6.45, 7) is -0.427. The van der Waals surface area contributed by atoms with E-state index in [1.165, 1.54) is 10.9 Å². The van der Waals surface area contributed by atoms with Gasteiger partial charge in [0.05, 0.1) is 12.9 Å². The fraction of sp³-hybridized carbons (Fsp3) is 0.333. The van der Waals surface area contributed by atoms with E-state index in [1.54, 1.807) is 18.3 Å². The molecular formula is C15H15ClN6O4. The molecule has 1 saturated heterocycles. The quantitative estimate of drug-likeness (QED) is 0.470. The topological polar surface area (TPSA) is 138 Å².